The van der Waals surface area contributed by atoms with Crippen LogP contribution in [0.2, 0.25) is 0 Å². The molecule has 5 nitrogen and oxygen atoms in total. The van der Waals surface area contributed by atoms with Crippen LogP contribution >= 0.6 is 0 Å². The van der Waals surface area contributed by atoms with E-state index in [1.54, 1.807) is 6.33 Å². The lowest BCUT2D eigenvalue weighted by Gasteiger charge is -2.14. The minimum absolute atomic E-state index is 0.00339. The molecule has 5 heteroatoms. The van der Waals surface area contributed by atoms with Gasteiger partial charge < -0.3 is 9.55 Å². The zero-order valence-electron chi connectivity index (χ0n) is 12.8. The van der Waals surface area contributed by atoms with Crippen LogP contribution in [0.3, 0.4) is 0 Å². The summed E-state index contributed by atoms with van der Waals surface area (Å²) in [4.78, 5) is 24.3. The summed E-state index contributed by atoms with van der Waals surface area (Å²) in [6.45, 7) is 0. The smallest absolute Gasteiger partial charge is 0.165 e. The van der Waals surface area contributed by atoms with E-state index in [0.717, 1.165) is 22.3 Å². The Labute approximate surface area is 138 Å². The van der Waals surface area contributed by atoms with Crippen LogP contribution < -0.4 is 0 Å². The molecule has 2 aromatic carbocycles. The summed E-state index contributed by atoms with van der Waals surface area (Å²) >= 11 is 0. The molecule has 0 fully saturated rings. The van der Waals surface area contributed by atoms with Crippen molar-refractivity contribution in [1.82, 2.24) is 19.5 Å². The van der Waals surface area contributed by atoms with Gasteiger partial charge in [-0.25, -0.2) is 9.97 Å². The highest BCUT2D eigenvalue weighted by Gasteiger charge is 2.29. The normalized spacial score (nSPS) is 15.4. The Balaban J connectivity index is 1.52. The number of ketones is 1. The second-order valence-electron chi connectivity index (χ2n) is 6.05. The fourth-order valence-corrected chi connectivity index (χ4v) is 3.54. The third-order valence-corrected chi connectivity index (χ3v) is 4.72. The van der Waals surface area contributed by atoms with Gasteiger partial charge in [0.2, 0.25) is 0 Å². The van der Waals surface area contributed by atoms with E-state index in [0.29, 0.717) is 12.0 Å². The molecule has 1 N–H and O–H groups in total. The number of aromatic amines is 1. The van der Waals surface area contributed by atoms with Gasteiger partial charge in [-0.05, 0) is 23.8 Å². The minimum atomic E-state index is 0.00339. The van der Waals surface area contributed by atoms with E-state index < -0.39 is 0 Å². The van der Waals surface area contributed by atoms with Crippen molar-refractivity contribution in [3.05, 3.63) is 72.4 Å². The highest BCUT2D eigenvalue weighted by Crippen LogP contribution is 2.41. The Hall–Kier alpha value is -3.21. The zero-order valence-corrected chi connectivity index (χ0v) is 12.8. The van der Waals surface area contributed by atoms with Gasteiger partial charge in [0.15, 0.2) is 5.78 Å². The Morgan fingerprint density at radius 2 is 2.12 bits per heavy atom. The van der Waals surface area contributed by atoms with Crippen molar-refractivity contribution in [3.8, 4) is 11.3 Å². The van der Waals surface area contributed by atoms with Gasteiger partial charge in [0.25, 0.3) is 0 Å². The van der Waals surface area contributed by atoms with Crippen molar-refractivity contribution in [2.75, 3.05) is 0 Å². The number of Topliss-reactive ketones (excluding diaryl/α,β-unsaturated/α-hetero) is 1. The summed E-state index contributed by atoms with van der Waals surface area (Å²) in [7, 11) is 0. The van der Waals surface area contributed by atoms with Crippen LogP contribution in [0.25, 0.3) is 22.3 Å². The van der Waals surface area contributed by atoms with Gasteiger partial charge in [-0.3, -0.25) is 4.79 Å². The maximum atomic E-state index is 12.8. The van der Waals surface area contributed by atoms with Gasteiger partial charge in [-0.2, -0.15) is 0 Å². The fraction of sp³-hybridized carbons (Fsp3) is 0.105. The summed E-state index contributed by atoms with van der Waals surface area (Å²) in [6.07, 6.45) is 5.73. The molecule has 1 aliphatic heterocycles. The molecule has 1 atom stereocenters. The number of aromatic nitrogens is 4. The minimum Gasteiger partial charge on any atom is -0.345 e. The molecule has 0 radical (unpaired) electrons. The van der Waals surface area contributed by atoms with Crippen molar-refractivity contribution in [3.63, 3.8) is 0 Å². The second-order valence-corrected chi connectivity index (χ2v) is 6.05. The molecule has 4 aromatic rings. The lowest BCUT2D eigenvalue weighted by atomic mass is 9.96. The number of rotatable bonds is 3. The molecule has 24 heavy (non-hydrogen) atoms. The van der Waals surface area contributed by atoms with Crippen molar-refractivity contribution >= 4 is 16.8 Å². The number of fused-ring (bicyclic) bond motifs is 4. The van der Waals surface area contributed by atoms with Gasteiger partial charge in [-0.1, -0.05) is 24.3 Å². The summed E-state index contributed by atoms with van der Waals surface area (Å²) < 4.78 is 2.09. The first-order chi connectivity index (χ1) is 11.8. The lowest BCUT2D eigenvalue weighted by molar-refractivity contribution is 0.0970. The summed E-state index contributed by atoms with van der Waals surface area (Å²) in [5.74, 6) is 0.118. The molecule has 2 aromatic heterocycles. The second kappa shape index (κ2) is 4.89. The number of imidazole rings is 2. The Morgan fingerprint density at radius 3 is 3.08 bits per heavy atom. The molecule has 0 spiro atoms. The van der Waals surface area contributed by atoms with Crippen LogP contribution in [0.4, 0.5) is 0 Å². The van der Waals surface area contributed by atoms with Crippen molar-refractivity contribution in [2.45, 2.75) is 12.5 Å². The number of H-pyrrole nitrogens is 1. The molecule has 0 saturated carbocycles. The highest BCUT2D eigenvalue weighted by molar-refractivity contribution is 5.99. The van der Waals surface area contributed by atoms with Gasteiger partial charge in [0.1, 0.15) is 0 Å². The first-order valence-corrected chi connectivity index (χ1v) is 7.89. The Morgan fingerprint density at radius 1 is 1.21 bits per heavy atom. The molecule has 0 bridgehead atoms. The van der Waals surface area contributed by atoms with Gasteiger partial charge in [-0.15, -0.1) is 0 Å². The van der Waals surface area contributed by atoms with Crippen molar-refractivity contribution < 1.29 is 4.79 Å². The summed E-state index contributed by atoms with van der Waals surface area (Å²) in [5, 5.41) is 0. The van der Waals surface area contributed by atoms with Crippen LogP contribution in [0.1, 0.15) is 28.4 Å². The molecule has 5 rings (SSSR count). The summed E-state index contributed by atoms with van der Waals surface area (Å²) in [6, 6.07) is 13.8. The first-order valence-electron chi connectivity index (χ1n) is 7.89. The topological polar surface area (TPSA) is 63.6 Å². The zero-order chi connectivity index (χ0) is 16.1. The molecule has 0 saturated heterocycles. The average Bonchev–Trinajstić information content (AvgIpc) is 3.31. The average molecular weight is 314 g/mol. The van der Waals surface area contributed by atoms with E-state index >= 15 is 0 Å². The van der Waals surface area contributed by atoms with E-state index in [9.17, 15) is 4.79 Å². The van der Waals surface area contributed by atoms with E-state index in [-0.39, 0.29) is 11.8 Å². The van der Waals surface area contributed by atoms with E-state index in [1.807, 2.05) is 42.9 Å². The Kier molecular flexibility index (Phi) is 2.70. The van der Waals surface area contributed by atoms with Crippen LogP contribution in [-0.2, 0) is 0 Å². The number of carbonyl (C=O) groups is 1. The molecule has 0 aliphatic carbocycles. The third-order valence-electron chi connectivity index (χ3n) is 4.72. The lowest BCUT2D eigenvalue weighted by Crippen LogP contribution is -2.11. The van der Waals surface area contributed by atoms with Crippen LogP contribution in [0.5, 0.6) is 0 Å². The quantitative estimate of drug-likeness (QED) is 0.588. The van der Waals surface area contributed by atoms with Crippen molar-refractivity contribution in [1.29, 1.82) is 0 Å². The van der Waals surface area contributed by atoms with Gasteiger partial charge in [0, 0.05) is 17.5 Å². The molecule has 116 valence electrons. The number of benzene rings is 2. The molecule has 3 heterocycles. The number of nitrogens with one attached hydrogen (secondary N) is 1. The third kappa shape index (κ3) is 1.84. The number of nitrogens with zero attached hydrogens (tertiary/aromatic N) is 3. The number of carbonyl (C=O) groups excluding carboxylic acids is 1. The van der Waals surface area contributed by atoms with E-state index in [4.69, 9.17) is 0 Å². The maximum absolute atomic E-state index is 12.8. The SMILES string of the molecule is O=C(CC1c2ccccc2-c2cncn21)c1ccc2nc[nH]c2c1. The molecular formula is C19H14N4O. The Bertz CT molecular complexity index is 1080. The van der Waals surface area contributed by atoms with Crippen LogP contribution in [0.15, 0.2) is 61.3 Å². The largest absolute Gasteiger partial charge is 0.345 e. The predicted molar refractivity (Wildman–Crippen MR) is 90.8 cm³/mol. The fourth-order valence-electron chi connectivity index (χ4n) is 3.54. The standard InChI is InChI=1S/C19H14N4O/c24-19(12-5-6-15-16(7-12)22-10-21-15)8-17-13-3-1-2-4-14(13)18-9-20-11-23(17)18/h1-7,9-11,17H,8H2,(H,21,22). The van der Waals surface area contributed by atoms with Crippen LogP contribution in [-0.4, -0.2) is 25.3 Å². The van der Waals surface area contributed by atoms with E-state index in [2.05, 4.69) is 31.7 Å². The van der Waals surface area contributed by atoms with Gasteiger partial charge in [0.05, 0.1) is 41.6 Å². The molecule has 1 aliphatic rings. The maximum Gasteiger partial charge on any atom is 0.165 e. The van der Waals surface area contributed by atoms with Gasteiger partial charge >= 0.3 is 0 Å². The van der Waals surface area contributed by atoms with E-state index in [1.165, 1.54) is 5.56 Å². The predicted octanol–water partition coefficient (Wildman–Crippen LogP) is 3.60. The first kappa shape index (κ1) is 13.2. The number of hydrogen-bond acceptors (Lipinski definition) is 3. The number of hydrogen-bond donors (Lipinski definition) is 1. The monoisotopic (exact) mass is 314 g/mol. The molecular weight excluding hydrogens is 300 g/mol. The highest BCUT2D eigenvalue weighted by atomic mass is 16.1. The summed E-state index contributed by atoms with van der Waals surface area (Å²) in [5.41, 5.74) is 5.89. The van der Waals surface area contributed by atoms with Crippen molar-refractivity contribution in [2.24, 2.45) is 0 Å². The molecule has 0 amide bonds. The molecule has 1 unspecified atom stereocenters. The van der Waals surface area contributed by atoms with Crippen LogP contribution in [0, 0.1) is 0 Å².